The minimum atomic E-state index is -3.66. The summed E-state index contributed by atoms with van der Waals surface area (Å²) < 4.78 is 32.0. The van der Waals surface area contributed by atoms with Gasteiger partial charge in [0.1, 0.15) is 0 Å². The first kappa shape index (κ1) is 22.3. The van der Waals surface area contributed by atoms with E-state index in [-0.39, 0.29) is 34.5 Å². The van der Waals surface area contributed by atoms with Crippen LogP contribution in [-0.2, 0) is 19.6 Å². The van der Waals surface area contributed by atoms with Crippen molar-refractivity contribution >= 4 is 39.2 Å². The van der Waals surface area contributed by atoms with E-state index in [2.05, 4.69) is 5.32 Å². The molecule has 30 heavy (non-hydrogen) atoms. The van der Waals surface area contributed by atoms with Crippen molar-refractivity contribution in [3.05, 3.63) is 59.1 Å². The van der Waals surface area contributed by atoms with Gasteiger partial charge in [-0.25, -0.2) is 13.2 Å². The van der Waals surface area contributed by atoms with E-state index < -0.39 is 21.9 Å². The molecule has 1 fully saturated rings. The normalized spacial score (nSPS) is 17.3. The number of piperidine rings is 1. The Kier molecular flexibility index (Phi) is 7.12. The third kappa shape index (κ3) is 5.00. The highest BCUT2D eigenvalue weighted by Gasteiger charge is 2.33. The Hall–Kier alpha value is -2.42. The smallest absolute Gasteiger partial charge is 0.339 e. The molecule has 9 heteroatoms. The molecule has 1 atom stereocenters. The molecule has 2 aromatic carbocycles. The highest BCUT2D eigenvalue weighted by Crippen LogP contribution is 2.26. The molecule has 0 aromatic heterocycles. The maximum Gasteiger partial charge on any atom is 0.339 e. The summed E-state index contributed by atoms with van der Waals surface area (Å²) in [7, 11) is -3.66. The van der Waals surface area contributed by atoms with Crippen LogP contribution in [0.5, 0.6) is 0 Å². The van der Waals surface area contributed by atoms with Gasteiger partial charge in [0, 0.05) is 18.8 Å². The highest BCUT2D eigenvalue weighted by atomic mass is 35.5. The number of carbonyl (C=O) groups excluding carboxylic acids is 2. The monoisotopic (exact) mass is 450 g/mol. The Morgan fingerprint density at radius 3 is 2.63 bits per heavy atom. The predicted octanol–water partition coefficient (Wildman–Crippen LogP) is 3.56. The summed E-state index contributed by atoms with van der Waals surface area (Å²) in [5.74, 6) is -1.38. The SMILES string of the molecule is CCOC(=O)c1cc(NC(=O)C2CCCN(S(=O)(=O)c3ccccc3)C2)ccc1Cl. The quantitative estimate of drug-likeness (QED) is 0.679. The molecule has 0 spiro atoms. The van der Waals surface area contributed by atoms with Crippen molar-refractivity contribution in [2.45, 2.75) is 24.7 Å². The zero-order chi connectivity index (χ0) is 21.7. The fraction of sp³-hybridized carbons (Fsp3) is 0.333. The van der Waals surface area contributed by atoms with Crippen LogP contribution >= 0.6 is 11.6 Å². The summed E-state index contributed by atoms with van der Waals surface area (Å²) in [6.07, 6.45) is 1.16. The van der Waals surface area contributed by atoms with Gasteiger partial charge in [0.2, 0.25) is 15.9 Å². The average molecular weight is 451 g/mol. The van der Waals surface area contributed by atoms with Crippen molar-refractivity contribution in [2.24, 2.45) is 5.92 Å². The van der Waals surface area contributed by atoms with Gasteiger partial charge in [0.25, 0.3) is 0 Å². The average Bonchev–Trinajstić information content (AvgIpc) is 2.76. The summed E-state index contributed by atoms with van der Waals surface area (Å²) in [5.41, 5.74) is 0.559. The number of anilines is 1. The highest BCUT2D eigenvalue weighted by molar-refractivity contribution is 7.89. The number of nitrogens with one attached hydrogen (secondary N) is 1. The van der Waals surface area contributed by atoms with Crippen LogP contribution in [0.25, 0.3) is 0 Å². The molecule has 7 nitrogen and oxygen atoms in total. The number of amides is 1. The van der Waals surface area contributed by atoms with E-state index >= 15 is 0 Å². The molecule has 1 unspecified atom stereocenters. The molecule has 0 radical (unpaired) electrons. The molecule has 2 aromatic rings. The second-order valence-electron chi connectivity index (χ2n) is 6.92. The first-order valence-electron chi connectivity index (χ1n) is 9.65. The number of benzene rings is 2. The second kappa shape index (κ2) is 9.59. The Morgan fingerprint density at radius 1 is 1.20 bits per heavy atom. The largest absolute Gasteiger partial charge is 0.462 e. The first-order valence-corrected chi connectivity index (χ1v) is 11.5. The minimum Gasteiger partial charge on any atom is -0.462 e. The summed E-state index contributed by atoms with van der Waals surface area (Å²) in [6, 6.07) is 12.7. The summed E-state index contributed by atoms with van der Waals surface area (Å²) in [6.45, 7) is 2.37. The van der Waals surface area contributed by atoms with E-state index in [0.29, 0.717) is 25.1 Å². The van der Waals surface area contributed by atoms with Gasteiger partial charge in [0.15, 0.2) is 0 Å². The van der Waals surface area contributed by atoms with Gasteiger partial charge >= 0.3 is 5.97 Å². The summed E-state index contributed by atoms with van der Waals surface area (Å²) in [4.78, 5) is 25.0. The minimum absolute atomic E-state index is 0.0986. The van der Waals surface area contributed by atoms with Crippen molar-refractivity contribution in [3.63, 3.8) is 0 Å². The van der Waals surface area contributed by atoms with Crippen molar-refractivity contribution in [1.82, 2.24) is 4.31 Å². The van der Waals surface area contributed by atoms with E-state index in [1.807, 2.05) is 0 Å². The molecular weight excluding hydrogens is 428 g/mol. The Balaban J connectivity index is 1.72. The molecule has 1 N–H and O–H groups in total. The zero-order valence-electron chi connectivity index (χ0n) is 16.5. The van der Waals surface area contributed by atoms with Gasteiger partial charge in [-0.05, 0) is 50.1 Å². The van der Waals surface area contributed by atoms with Crippen LogP contribution < -0.4 is 5.32 Å². The molecule has 160 valence electrons. The van der Waals surface area contributed by atoms with Crippen molar-refractivity contribution in [1.29, 1.82) is 0 Å². The van der Waals surface area contributed by atoms with E-state index in [9.17, 15) is 18.0 Å². The number of halogens is 1. The maximum atomic E-state index is 12.9. The zero-order valence-corrected chi connectivity index (χ0v) is 18.1. The number of rotatable bonds is 6. The Morgan fingerprint density at radius 2 is 1.93 bits per heavy atom. The van der Waals surface area contributed by atoms with Crippen LogP contribution in [-0.4, -0.2) is 44.3 Å². The molecule has 1 aliphatic rings. The van der Waals surface area contributed by atoms with E-state index in [1.165, 1.54) is 16.4 Å². The Labute approximate surface area is 181 Å². The van der Waals surface area contributed by atoms with Gasteiger partial charge in [-0.3, -0.25) is 4.79 Å². The molecule has 0 saturated carbocycles. The van der Waals surface area contributed by atoms with Crippen LogP contribution in [0.2, 0.25) is 5.02 Å². The number of hydrogen-bond acceptors (Lipinski definition) is 5. The Bertz CT molecular complexity index is 1030. The molecule has 3 rings (SSSR count). The lowest BCUT2D eigenvalue weighted by atomic mass is 9.98. The standard InChI is InChI=1S/C21H23ClN2O5S/c1-2-29-21(26)18-13-16(10-11-19(18)22)23-20(25)15-7-6-12-24(14-15)30(27,28)17-8-4-3-5-9-17/h3-5,8-11,13,15H,2,6-7,12,14H2,1H3,(H,23,25). The number of hydrogen-bond donors (Lipinski definition) is 1. The van der Waals surface area contributed by atoms with E-state index in [1.54, 1.807) is 43.3 Å². The summed E-state index contributed by atoms with van der Waals surface area (Å²) >= 11 is 6.05. The molecule has 1 heterocycles. The molecule has 1 amide bonds. The van der Waals surface area contributed by atoms with Gasteiger partial charge in [-0.15, -0.1) is 0 Å². The predicted molar refractivity (Wildman–Crippen MR) is 114 cm³/mol. The van der Waals surface area contributed by atoms with E-state index in [4.69, 9.17) is 16.3 Å². The lowest BCUT2D eigenvalue weighted by molar-refractivity contribution is -0.120. The summed E-state index contributed by atoms with van der Waals surface area (Å²) in [5, 5.41) is 2.99. The first-order chi connectivity index (χ1) is 14.3. The third-order valence-electron chi connectivity index (χ3n) is 4.87. The topological polar surface area (TPSA) is 92.8 Å². The van der Waals surface area contributed by atoms with Crippen molar-refractivity contribution in [3.8, 4) is 0 Å². The second-order valence-corrected chi connectivity index (χ2v) is 9.26. The molecule has 0 bridgehead atoms. The van der Waals surface area contributed by atoms with Crippen LogP contribution in [0, 0.1) is 5.92 Å². The van der Waals surface area contributed by atoms with Crippen LogP contribution in [0.1, 0.15) is 30.1 Å². The van der Waals surface area contributed by atoms with Crippen LogP contribution in [0.3, 0.4) is 0 Å². The lowest BCUT2D eigenvalue weighted by Gasteiger charge is -2.31. The molecular formula is C21H23ClN2O5S. The van der Waals surface area contributed by atoms with Gasteiger partial charge in [-0.1, -0.05) is 29.8 Å². The number of esters is 1. The molecule has 0 aliphatic carbocycles. The number of nitrogens with zero attached hydrogens (tertiary/aromatic N) is 1. The molecule has 1 saturated heterocycles. The number of sulfonamides is 1. The van der Waals surface area contributed by atoms with Gasteiger partial charge in [-0.2, -0.15) is 4.31 Å². The molecule has 1 aliphatic heterocycles. The fourth-order valence-electron chi connectivity index (χ4n) is 3.33. The van der Waals surface area contributed by atoms with Crippen molar-refractivity contribution < 1.29 is 22.7 Å². The third-order valence-corrected chi connectivity index (χ3v) is 7.07. The van der Waals surface area contributed by atoms with Gasteiger partial charge in [0.05, 0.1) is 28.0 Å². The van der Waals surface area contributed by atoms with Gasteiger partial charge < -0.3 is 10.1 Å². The number of carbonyl (C=O) groups is 2. The number of ether oxygens (including phenoxy) is 1. The lowest BCUT2D eigenvalue weighted by Crippen LogP contribution is -2.43. The maximum absolute atomic E-state index is 12.9. The fourth-order valence-corrected chi connectivity index (χ4v) is 5.07. The van der Waals surface area contributed by atoms with Crippen LogP contribution in [0.4, 0.5) is 5.69 Å². The van der Waals surface area contributed by atoms with Crippen molar-refractivity contribution in [2.75, 3.05) is 25.0 Å². The van der Waals surface area contributed by atoms with E-state index in [0.717, 1.165) is 0 Å². The van der Waals surface area contributed by atoms with Crippen LogP contribution in [0.15, 0.2) is 53.4 Å².